The molecule has 12 heavy (non-hydrogen) atoms. The Balaban J connectivity index is 2.85. The summed E-state index contributed by atoms with van der Waals surface area (Å²) < 4.78 is 22.9. The van der Waals surface area contributed by atoms with Gasteiger partial charge in [0, 0.05) is 0 Å². The van der Waals surface area contributed by atoms with E-state index in [1.165, 1.54) is 0 Å². The summed E-state index contributed by atoms with van der Waals surface area (Å²) in [6.45, 7) is -0.124. The van der Waals surface area contributed by atoms with E-state index in [4.69, 9.17) is 0 Å². The SMILES string of the molecule is O=C1CN=NN1C(=S)N=S(=O)=O. The largest absolute Gasteiger partial charge is 0.318 e. The average Bonchev–Trinajstić information content (AvgIpc) is 2.33. The van der Waals surface area contributed by atoms with E-state index in [1.807, 2.05) is 0 Å². The van der Waals surface area contributed by atoms with Gasteiger partial charge in [-0.2, -0.15) is 18.5 Å². The quantitative estimate of drug-likeness (QED) is 0.501. The number of hydrogen-bond donors (Lipinski definition) is 0. The smallest absolute Gasteiger partial charge is 0.270 e. The summed E-state index contributed by atoms with van der Waals surface area (Å²) in [6, 6.07) is 0. The zero-order valence-corrected chi connectivity index (χ0v) is 7.17. The molecule has 0 spiro atoms. The lowest BCUT2D eigenvalue weighted by Gasteiger charge is -2.02. The van der Waals surface area contributed by atoms with Gasteiger partial charge in [-0.25, -0.2) is 0 Å². The fraction of sp³-hybridized carbons (Fsp3) is 0.333. The van der Waals surface area contributed by atoms with Crippen LogP contribution in [0.15, 0.2) is 14.7 Å². The molecule has 0 aromatic heterocycles. The number of carbonyl (C=O) groups excluding carboxylic acids is 1. The molecule has 1 aliphatic heterocycles. The minimum Gasteiger partial charge on any atom is -0.270 e. The Kier molecular flexibility index (Phi) is 2.55. The third-order valence-corrected chi connectivity index (χ3v) is 1.63. The number of amides is 1. The van der Waals surface area contributed by atoms with Crippen LogP contribution in [0, 0.1) is 0 Å². The highest BCUT2D eigenvalue weighted by Gasteiger charge is 2.22. The van der Waals surface area contributed by atoms with Gasteiger partial charge >= 0.3 is 10.5 Å². The lowest BCUT2D eigenvalue weighted by Crippen LogP contribution is -2.26. The molecule has 0 saturated carbocycles. The van der Waals surface area contributed by atoms with Crippen LogP contribution in [0.25, 0.3) is 0 Å². The van der Waals surface area contributed by atoms with E-state index < -0.39 is 21.5 Å². The van der Waals surface area contributed by atoms with Gasteiger partial charge in [-0.1, -0.05) is 5.22 Å². The molecule has 0 saturated heterocycles. The van der Waals surface area contributed by atoms with Gasteiger partial charge in [0.05, 0.1) is 0 Å². The molecule has 9 heteroatoms. The third kappa shape index (κ3) is 1.89. The van der Waals surface area contributed by atoms with Gasteiger partial charge in [0.15, 0.2) is 0 Å². The van der Waals surface area contributed by atoms with Crippen molar-refractivity contribution >= 4 is 33.7 Å². The first kappa shape index (κ1) is 8.87. The van der Waals surface area contributed by atoms with Crippen molar-refractivity contribution in [2.75, 3.05) is 6.54 Å². The fourth-order valence-electron chi connectivity index (χ4n) is 0.520. The summed E-state index contributed by atoms with van der Waals surface area (Å²) in [4.78, 5) is 10.8. The van der Waals surface area contributed by atoms with Crippen LogP contribution in [-0.2, 0) is 15.3 Å². The second-order valence-electron chi connectivity index (χ2n) is 1.69. The van der Waals surface area contributed by atoms with Crippen molar-refractivity contribution in [2.24, 2.45) is 14.7 Å². The summed E-state index contributed by atoms with van der Waals surface area (Å²) in [5.74, 6) is -0.491. The number of rotatable bonds is 0. The topological polar surface area (TPSA) is 91.5 Å². The summed E-state index contributed by atoms with van der Waals surface area (Å²) in [6.07, 6.45) is 0. The van der Waals surface area contributed by atoms with Crippen LogP contribution in [0.4, 0.5) is 0 Å². The van der Waals surface area contributed by atoms with Crippen molar-refractivity contribution in [2.45, 2.75) is 0 Å². The molecule has 0 atom stereocenters. The highest BCUT2D eigenvalue weighted by molar-refractivity contribution is 7.81. The Morgan fingerprint density at radius 3 is 2.75 bits per heavy atom. The van der Waals surface area contributed by atoms with Crippen LogP contribution in [0.2, 0.25) is 0 Å². The van der Waals surface area contributed by atoms with E-state index in [1.54, 1.807) is 0 Å². The summed E-state index contributed by atoms with van der Waals surface area (Å²) in [7, 11) is -2.67. The molecule has 0 aliphatic carbocycles. The minimum atomic E-state index is -2.67. The van der Waals surface area contributed by atoms with E-state index in [0.717, 1.165) is 0 Å². The number of carbonyl (C=O) groups is 1. The second kappa shape index (κ2) is 3.45. The molecule has 0 aromatic carbocycles. The average molecular weight is 206 g/mol. The van der Waals surface area contributed by atoms with Gasteiger partial charge in [-0.15, -0.1) is 4.36 Å². The first-order valence-corrected chi connectivity index (χ1v) is 4.10. The minimum absolute atomic E-state index is 0.124. The Hall–Kier alpha value is -1.22. The predicted octanol–water partition coefficient (Wildman–Crippen LogP) is -0.457. The van der Waals surface area contributed by atoms with Crippen LogP contribution in [0.5, 0.6) is 0 Å². The lowest BCUT2D eigenvalue weighted by atomic mass is 10.6. The van der Waals surface area contributed by atoms with Gasteiger partial charge in [0.1, 0.15) is 6.54 Å². The Bertz CT molecular complexity index is 374. The molecule has 0 N–H and O–H groups in total. The van der Waals surface area contributed by atoms with E-state index in [9.17, 15) is 13.2 Å². The Labute approximate surface area is 73.8 Å². The molecule has 1 amide bonds. The van der Waals surface area contributed by atoms with Crippen molar-refractivity contribution in [1.82, 2.24) is 5.01 Å². The first-order valence-electron chi connectivity index (χ1n) is 2.66. The van der Waals surface area contributed by atoms with Crippen LogP contribution in [0.1, 0.15) is 0 Å². The van der Waals surface area contributed by atoms with Gasteiger partial charge in [0.2, 0.25) is 5.11 Å². The van der Waals surface area contributed by atoms with E-state index in [2.05, 4.69) is 26.9 Å². The van der Waals surface area contributed by atoms with Crippen LogP contribution in [-0.4, -0.2) is 31.0 Å². The monoisotopic (exact) mass is 206 g/mol. The normalized spacial score (nSPS) is 15.0. The van der Waals surface area contributed by atoms with Gasteiger partial charge in [-0.3, -0.25) is 4.79 Å². The van der Waals surface area contributed by atoms with Crippen molar-refractivity contribution < 1.29 is 13.2 Å². The molecular weight excluding hydrogens is 204 g/mol. The van der Waals surface area contributed by atoms with Crippen LogP contribution in [0.3, 0.4) is 0 Å². The zero-order valence-electron chi connectivity index (χ0n) is 5.54. The molecular formula is C3H2N4O3S2. The molecule has 0 radical (unpaired) electrons. The lowest BCUT2D eigenvalue weighted by molar-refractivity contribution is -0.124. The Morgan fingerprint density at radius 1 is 1.67 bits per heavy atom. The number of hydrogen-bond acceptors (Lipinski definition) is 6. The first-order chi connectivity index (χ1) is 5.61. The third-order valence-electron chi connectivity index (χ3n) is 0.929. The number of thiocarbonyl (C=S) groups is 1. The predicted molar refractivity (Wildman–Crippen MR) is 40.5 cm³/mol. The molecule has 0 bridgehead atoms. The fourth-order valence-corrected chi connectivity index (χ4v) is 1.05. The van der Waals surface area contributed by atoms with Crippen LogP contribution < -0.4 is 0 Å². The van der Waals surface area contributed by atoms with E-state index in [0.29, 0.717) is 5.01 Å². The molecule has 7 nitrogen and oxygen atoms in total. The van der Waals surface area contributed by atoms with Crippen molar-refractivity contribution in [3.63, 3.8) is 0 Å². The molecule has 1 rings (SSSR count). The van der Waals surface area contributed by atoms with Gasteiger partial charge in [0.25, 0.3) is 5.91 Å². The molecule has 1 heterocycles. The van der Waals surface area contributed by atoms with Crippen LogP contribution >= 0.6 is 12.2 Å². The van der Waals surface area contributed by atoms with E-state index >= 15 is 0 Å². The van der Waals surface area contributed by atoms with Crippen molar-refractivity contribution in [1.29, 1.82) is 0 Å². The Morgan fingerprint density at radius 2 is 2.33 bits per heavy atom. The second-order valence-corrected chi connectivity index (χ2v) is 2.67. The standard InChI is InChI=1S/C3H2N4O3S2/c8-2-1-4-6-7(2)3(11)5-12(9)10/h1H2. The van der Waals surface area contributed by atoms with Gasteiger partial charge < -0.3 is 0 Å². The summed E-state index contributed by atoms with van der Waals surface area (Å²) in [5, 5.41) is 6.83. The molecule has 0 unspecified atom stereocenters. The maximum atomic E-state index is 10.8. The highest BCUT2D eigenvalue weighted by atomic mass is 32.2. The maximum absolute atomic E-state index is 10.8. The molecule has 0 fully saturated rings. The van der Waals surface area contributed by atoms with Crippen molar-refractivity contribution in [3.05, 3.63) is 0 Å². The summed E-state index contributed by atoms with van der Waals surface area (Å²) in [5.41, 5.74) is 0. The maximum Gasteiger partial charge on any atom is 0.318 e. The highest BCUT2D eigenvalue weighted by Crippen LogP contribution is 2.04. The van der Waals surface area contributed by atoms with E-state index in [-0.39, 0.29) is 6.54 Å². The summed E-state index contributed by atoms with van der Waals surface area (Å²) >= 11 is 4.46. The molecule has 0 aromatic rings. The molecule has 1 aliphatic rings. The molecule has 64 valence electrons. The van der Waals surface area contributed by atoms with Gasteiger partial charge in [-0.05, 0) is 12.2 Å². The van der Waals surface area contributed by atoms with Crippen molar-refractivity contribution in [3.8, 4) is 0 Å². The number of nitrogens with zero attached hydrogens (tertiary/aromatic N) is 4. The zero-order chi connectivity index (χ0) is 9.14.